The van der Waals surface area contributed by atoms with E-state index in [4.69, 9.17) is 9.47 Å². The van der Waals surface area contributed by atoms with Crippen molar-refractivity contribution in [2.75, 3.05) is 13.7 Å². The molecule has 4 atom stereocenters. The monoisotopic (exact) mass is 516 g/mol. The van der Waals surface area contributed by atoms with Crippen LogP contribution in [0.15, 0.2) is 12.1 Å². The van der Waals surface area contributed by atoms with E-state index in [9.17, 15) is 23.9 Å². The molecular weight excluding hydrogens is 479 g/mol. The summed E-state index contributed by atoms with van der Waals surface area (Å²) < 4.78 is 25.8. The number of fused-ring (bicyclic) bond motifs is 2. The molecule has 202 valence electrons. The lowest BCUT2D eigenvalue weighted by Crippen LogP contribution is -2.51. The Hall–Kier alpha value is -2.84. The van der Waals surface area contributed by atoms with Crippen molar-refractivity contribution < 1.29 is 33.4 Å². The van der Waals surface area contributed by atoms with Crippen LogP contribution in [-0.4, -0.2) is 48.7 Å². The number of nitrogens with one attached hydrogen (secondary N) is 2. The average molecular weight is 517 g/mol. The lowest BCUT2D eigenvalue weighted by molar-refractivity contribution is -0.159. The van der Waals surface area contributed by atoms with Crippen molar-refractivity contribution in [3.63, 3.8) is 0 Å². The van der Waals surface area contributed by atoms with Gasteiger partial charge in [0.2, 0.25) is 5.91 Å². The molecule has 9 heteroatoms. The number of carbonyl (C=O) groups excluding carboxylic acids is 2. The Labute approximate surface area is 216 Å². The number of amides is 2. The highest BCUT2D eigenvalue weighted by Gasteiger charge is 2.52. The molecule has 0 spiro atoms. The molecule has 2 bridgehead atoms. The Morgan fingerprint density at radius 2 is 1.81 bits per heavy atom. The molecule has 8 nitrogen and oxygen atoms in total. The van der Waals surface area contributed by atoms with Crippen molar-refractivity contribution in [2.45, 2.75) is 77.4 Å². The number of methoxy groups -OCH3 is 1. The number of ether oxygens (including phenoxy) is 2. The molecule has 0 unspecified atom stereocenters. The third-order valence-electron chi connectivity index (χ3n) is 9.43. The summed E-state index contributed by atoms with van der Waals surface area (Å²) in [5.74, 6) is -1.85. The molecule has 3 N–H and O–H groups in total. The lowest BCUT2D eigenvalue weighted by atomic mass is 9.68. The van der Waals surface area contributed by atoms with Crippen molar-refractivity contribution in [3.05, 3.63) is 23.5 Å². The Kier molecular flexibility index (Phi) is 6.61. The van der Waals surface area contributed by atoms with Gasteiger partial charge < -0.3 is 25.2 Å². The van der Waals surface area contributed by atoms with Crippen LogP contribution in [0, 0.1) is 34.4 Å². The van der Waals surface area contributed by atoms with Crippen LogP contribution in [0.5, 0.6) is 11.5 Å². The number of carboxylic acid groups (broad SMARTS) is 1. The van der Waals surface area contributed by atoms with E-state index in [2.05, 4.69) is 17.6 Å². The Balaban J connectivity index is 1.29. The van der Waals surface area contributed by atoms with Crippen molar-refractivity contribution >= 4 is 17.8 Å². The highest BCUT2D eigenvalue weighted by molar-refractivity contribution is 5.98. The van der Waals surface area contributed by atoms with Crippen LogP contribution in [0.4, 0.5) is 4.39 Å². The number of hydrogen-bond acceptors (Lipinski definition) is 5. The second kappa shape index (κ2) is 9.48. The van der Waals surface area contributed by atoms with E-state index in [1.54, 1.807) is 6.92 Å². The first-order valence-corrected chi connectivity index (χ1v) is 13.4. The van der Waals surface area contributed by atoms with Gasteiger partial charge in [0.1, 0.15) is 11.9 Å². The summed E-state index contributed by atoms with van der Waals surface area (Å²) in [5.41, 5.74) is -0.587. The topological polar surface area (TPSA) is 114 Å². The zero-order chi connectivity index (χ0) is 26.5. The summed E-state index contributed by atoms with van der Waals surface area (Å²) in [6.07, 6.45) is 6.38. The Morgan fingerprint density at radius 1 is 1.11 bits per heavy atom. The van der Waals surface area contributed by atoms with Gasteiger partial charge in [0, 0.05) is 31.5 Å². The van der Waals surface area contributed by atoms with Crippen LogP contribution in [0.3, 0.4) is 0 Å². The zero-order valence-corrected chi connectivity index (χ0v) is 21.8. The van der Waals surface area contributed by atoms with Crippen molar-refractivity contribution in [3.8, 4) is 11.5 Å². The Morgan fingerprint density at radius 3 is 2.43 bits per heavy atom. The lowest BCUT2D eigenvalue weighted by Gasteiger charge is -2.41. The van der Waals surface area contributed by atoms with Crippen molar-refractivity contribution in [1.82, 2.24) is 10.6 Å². The normalized spacial score (nSPS) is 33.1. The molecule has 0 aromatic heterocycles. The van der Waals surface area contributed by atoms with Gasteiger partial charge in [-0.1, -0.05) is 13.3 Å². The zero-order valence-electron chi connectivity index (χ0n) is 21.8. The molecule has 4 saturated carbocycles. The third-order valence-corrected chi connectivity index (χ3v) is 9.43. The van der Waals surface area contributed by atoms with Crippen LogP contribution in [0.2, 0.25) is 0 Å². The van der Waals surface area contributed by atoms with Crippen LogP contribution in [0.25, 0.3) is 0 Å². The van der Waals surface area contributed by atoms with Gasteiger partial charge in [0.15, 0.2) is 11.6 Å². The first-order chi connectivity index (χ1) is 17.5. The maximum atomic E-state index is 14.8. The maximum Gasteiger partial charge on any atom is 0.309 e. The molecule has 0 saturated heterocycles. The molecule has 0 aliphatic heterocycles. The molecular formula is C28H37FN2O6. The van der Waals surface area contributed by atoms with Gasteiger partial charge in [0.05, 0.1) is 24.0 Å². The van der Waals surface area contributed by atoms with Gasteiger partial charge in [-0.15, -0.1) is 0 Å². The van der Waals surface area contributed by atoms with Gasteiger partial charge in [-0.2, -0.15) is 0 Å². The summed E-state index contributed by atoms with van der Waals surface area (Å²) in [6, 6.07) is 2.14. The predicted molar refractivity (Wildman–Crippen MR) is 133 cm³/mol. The van der Waals surface area contributed by atoms with Gasteiger partial charge >= 0.3 is 5.97 Å². The fourth-order valence-corrected chi connectivity index (χ4v) is 6.84. The van der Waals surface area contributed by atoms with E-state index in [0.717, 1.165) is 38.2 Å². The highest BCUT2D eigenvalue weighted by Crippen LogP contribution is 2.49. The summed E-state index contributed by atoms with van der Waals surface area (Å²) in [7, 11) is 1.37. The number of carboxylic acids is 1. The highest BCUT2D eigenvalue weighted by atomic mass is 19.1. The maximum absolute atomic E-state index is 14.8. The van der Waals surface area contributed by atoms with E-state index >= 15 is 0 Å². The minimum Gasteiger partial charge on any atom is -0.496 e. The van der Waals surface area contributed by atoms with Gasteiger partial charge in [-0.05, 0) is 62.3 Å². The van der Waals surface area contributed by atoms with E-state index in [0.29, 0.717) is 6.54 Å². The summed E-state index contributed by atoms with van der Waals surface area (Å²) in [5, 5.41) is 15.6. The molecule has 4 aliphatic carbocycles. The van der Waals surface area contributed by atoms with E-state index in [1.807, 2.05) is 0 Å². The first-order valence-electron chi connectivity index (χ1n) is 13.4. The molecule has 0 heterocycles. The number of hydrogen-bond donors (Lipinski definition) is 3. The first kappa shape index (κ1) is 25.8. The largest absolute Gasteiger partial charge is 0.496 e. The average Bonchev–Trinajstić information content (AvgIpc) is 3.42. The molecule has 4 aliphatic rings. The molecule has 5 rings (SSSR count). The van der Waals surface area contributed by atoms with Gasteiger partial charge in [-0.3, -0.25) is 14.4 Å². The standard InChI is InChI=1S/C28H37FN2O6/c1-27(7-4-8-27)14-30-25(33)22-15-5-6-16(9-15)23(22)31-24(32)18-10-21(19(29)11-20(18)36-3)37-17-12-28(2,13-17)26(34)35/h10-11,15-17,22-23H,4-9,12-14H2,1-3H3,(H,30,33)(H,31,32)(H,34,35)/t15-,16+,17-,22+,23-,28+/m1/s1. The smallest absolute Gasteiger partial charge is 0.309 e. The third kappa shape index (κ3) is 4.77. The van der Waals surface area contributed by atoms with Crippen LogP contribution in [0.1, 0.15) is 75.6 Å². The summed E-state index contributed by atoms with van der Waals surface area (Å²) in [6.45, 7) is 4.49. The molecule has 2 amide bonds. The van der Waals surface area contributed by atoms with Crippen molar-refractivity contribution in [1.29, 1.82) is 0 Å². The molecule has 1 aromatic rings. The van der Waals surface area contributed by atoms with Crippen LogP contribution >= 0.6 is 0 Å². The molecule has 37 heavy (non-hydrogen) atoms. The second-order valence-electron chi connectivity index (χ2n) is 12.2. The molecule has 0 radical (unpaired) electrons. The second-order valence-corrected chi connectivity index (χ2v) is 12.2. The SMILES string of the molecule is COc1cc(F)c(O[C@H]2C[C@@](C)(C(=O)O)C2)cc1C(=O)N[C@@H]1[C@H]2CC[C@H](C2)[C@@H]1C(=O)NCC1(C)CCC1. The minimum atomic E-state index is -0.908. The van der Waals surface area contributed by atoms with Crippen LogP contribution in [-0.2, 0) is 9.59 Å². The van der Waals surface area contributed by atoms with Gasteiger partial charge in [-0.25, -0.2) is 4.39 Å². The number of halogens is 1. The van der Waals surface area contributed by atoms with Crippen molar-refractivity contribution in [2.24, 2.45) is 28.6 Å². The fraction of sp³-hybridized carbons (Fsp3) is 0.679. The number of aliphatic carboxylic acids is 1. The molecule has 1 aromatic carbocycles. The quantitative estimate of drug-likeness (QED) is 0.459. The number of carbonyl (C=O) groups is 3. The number of benzene rings is 1. The van der Waals surface area contributed by atoms with Gasteiger partial charge in [0.25, 0.3) is 5.91 Å². The van der Waals surface area contributed by atoms with E-state index in [-0.39, 0.29) is 65.0 Å². The Bertz CT molecular complexity index is 1100. The van der Waals surface area contributed by atoms with Crippen LogP contribution < -0.4 is 20.1 Å². The molecule has 4 fully saturated rings. The van der Waals surface area contributed by atoms with E-state index in [1.165, 1.54) is 19.6 Å². The number of rotatable bonds is 9. The summed E-state index contributed by atoms with van der Waals surface area (Å²) in [4.78, 5) is 38.0. The predicted octanol–water partition coefficient (Wildman–Crippen LogP) is 3.92. The summed E-state index contributed by atoms with van der Waals surface area (Å²) >= 11 is 0. The van der Waals surface area contributed by atoms with E-state index < -0.39 is 29.2 Å². The minimum absolute atomic E-state index is 0.00665. The fourth-order valence-electron chi connectivity index (χ4n) is 6.84.